The molecule has 2 aromatic heterocycles. The van der Waals surface area contributed by atoms with E-state index in [9.17, 15) is 0 Å². The van der Waals surface area contributed by atoms with Crippen LogP contribution in [0.5, 0.6) is 0 Å². The number of pyridine rings is 1. The Morgan fingerprint density at radius 3 is 2.64 bits per heavy atom. The number of hydrogen-bond donors (Lipinski definition) is 0. The molecule has 3 rings (SSSR count). The molecule has 0 N–H and O–H groups in total. The molecule has 0 radical (unpaired) electrons. The lowest BCUT2D eigenvalue weighted by Gasteiger charge is -2.04. The van der Waals surface area contributed by atoms with Gasteiger partial charge >= 0.3 is 0 Å². The Kier molecular flexibility index (Phi) is 3.88. The first-order chi connectivity index (χ1) is 10.7. The van der Waals surface area contributed by atoms with Crippen molar-refractivity contribution >= 4 is 11.2 Å². The normalized spacial score (nSPS) is 11.8. The summed E-state index contributed by atoms with van der Waals surface area (Å²) in [6, 6.07) is 14.6. The fourth-order valence-electron chi connectivity index (χ4n) is 2.57. The van der Waals surface area contributed by atoms with Crippen molar-refractivity contribution < 1.29 is 0 Å². The van der Waals surface area contributed by atoms with Crippen molar-refractivity contribution in [2.75, 3.05) is 0 Å². The first-order valence-corrected chi connectivity index (χ1v) is 7.47. The molecule has 0 bridgehead atoms. The second-order valence-electron chi connectivity index (χ2n) is 5.24. The van der Waals surface area contributed by atoms with Gasteiger partial charge in [-0.3, -0.25) is 0 Å². The molecule has 2 heterocycles. The number of aromatic nitrogens is 3. The quantitative estimate of drug-likeness (QED) is 0.652. The summed E-state index contributed by atoms with van der Waals surface area (Å²) in [6.07, 6.45) is 4.64. The van der Waals surface area contributed by atoms with E-state index in [2.05, 4.69) is 54.8 Å². The van der Waals surface area contributed by atoms with Crippen molar-refractivity contribution in [3.63, 3.8) is 0 Å². The molecule has 0 aliphatic rings. The molecule has 3 heteroatoms. The predicted octanol–water partition coefficient (Wildman–Crippen LogP) is 4.68. The molecule has 0 atom stereocenters. The zero-order valence-corrected chi connectivity index (χ0v) is 13.0. The van der Waals surface area contributed by atoms with Crippen LogP contribution in [0.25, 0.3) is 22.3 Å². The number of nitrogens with zero attached hydrogens (tertiary/aromatic N) is 3. The Morgan fingerprint density at radius 2 is 1.95 bits per heavy atom. The van der Waals surface area contributed by atoms with Crippen LogP contribution in [0.3, 0.4) is 0 Å². The second-order valence-corrected chi connectivity index (χ2v) is 5.24. The van der Waals surface area contributed by atoms with Crippen LogP contribution in [0.2, 0.25) is 0 Å². The summed E-state index contributed by atoms with van der Waals surface area (Å²) in [5, 5.41) is 4.63. The summed E-state index contributed by atoms with van der Waals surface area (Å²) in [7, 11) is 0. The Balaban J connectivity index is 2.15. The van der Waals surface area contributed by atoms with Crippen LogP contribution in [-0.4, -0.2) is 14.6 Å². The van der Waals surface area contributed by atoms with Gasteiger partial charge in [-0.25, -0.2) is 9.50 Å². The summed E-state index contributed by atoms with van der Waals surface area (Å²) in [6.45, 7) is 7.92. The summed E-state index contributed by atoms with van der Waals surface area (Å²) in [5.74, 6) is 0.774. The summed E-state index contributed by atoms with van der Waals surface area (Å²) in [4.78, 5) is 4.69. The molecular formula is C19H19N3. The van der Waals surface area contributed by atoms with Gasteiger partial charge in [-0.05, 0) is 42.2 Å². The van der Waals surface area contributed by atoms with Gasteiger partial charge in [-0.15, -0.1) is 5.10 Å². The largest absolute Gasteiger partial charge is 0.218 e. The molecular weight excluding hydrogens is 270 g/mol. The van der Waals surface area contributed by atoms with Crippen molar-refractivity contribution in [1.29, 1.82) is 0 Å². The number of allylic oxidation sites excluding steroid dienone is 3. The minimum atomic E-state index is 0.774. The zero-order chi connectivity index (χ0) is 15.5. The number of hydrogen-bond acceptors (Lipinski definition) is 2. The second kappa shape index (κ2) is 5.98. The minimum absolute atomic E-state index is 0.774. The van der Waals surface area contributed by atoms with Gasteiger partial charge in [-0.2, -0.15) is 0 Å². The molecule has 0 saturated heterocycles. The van der Waals surface area contributed by atoms with E-state index in [0.717, 1.165) is 34.7 Å². The Labute approximate surface area is 130 Å². The third-order valence-corrected chi connectivity index (χ3v) is 3.71. The minimum Gasteiger partial charge on any atom is -0.218 e. The zero-order valence-electron chi connectivity index (χ0n) is 13.0. The van der Waals surface area contributed by atoms with E-state index in [0.29, 0.717) is 0 Å². The van der Waals surface area contributed by atoms with Gasteiger partial charge in [0.05, 0.1) is 0 Å². The lowest BCUT2D eigenvalue weighted by Crippen LogP contribution is -1.95. The lowest BCUT2D eigenvalue weighted by atomic mass is 10.1. The van der Waals surface area contributed by atoms with Crippen LogP contribution in [0.15, 0.2) is 61.2 Å². The molecule has 22 heavy (non-hydrogen) atoms. The Bertz CT molecular complexity index is 842. The van der Waals surface area contributed by atoms with Gasteiger partial charge in [0.2, 0.25) is 0 Å². The molecule has 3 aromatic rings. The maximum absolute atomic E-state index is 4.69. The van der Waals surface area contributed by atoms with E-state index in [4.69, 9.17) is 0 Å². The van der Waals surface area contributed by atoms with Crippen molar-refractivity contribution in [2.45, 2.75) is 20.3 Å². The number of fused-ring (bicyclic) bond motifs is 1. The van der Waals surface area contributed by atoms with Crippen molar-refractivity contribution in [1.82, 2.24) is 14.6 Å². The average Bonchev–Trinajstić information content (AvgIpc) is 2.98. The van der Waals surface area contributed by atoms with E-state index in [-0.39, 0.29) is 0 Å². The van der Waals surface area contributed by atoms with E-state index in [1.54, 1.807) is 6.08 Å². The molecule has 0 spiro atoms. The average molecular weight is 289 g/mol. The van der Waals surface area contributed by atoms with Crippen molar-refractivity contribution in [3.05, 3.63) is 72.7 Å². The third-order valence-electron chi connectivity index (χ3n) is 3.71. The van der Waals surface area contributed by atoms with Gasteiger partial charge in [0.25, 0.3) is 0 Å². The first kappa shape index (κ1) is 14.3. The van der Waals surface area contributed by atoms with Gasteiger partial charge in [0.15, 0.2) is 11.5 Å². The summed E-state index contributed by atoms with van der Waals surface area (Å²) < 4.78 is 1.90. The molecule has 3 nitrogen and oxygen atoms in total. The van der Waals surface area contributed by atoms with Crippen molar-refractivity contribution in [3.8, 4) is 11.1 Å². The highest BCUT2D eigenvalue weighted by Crippen LogP contribution is 2.23. The summed E-state index contributed by atoms with van der Waals surface area (Å²) >= 11 is 0. The van der Waals surface area contributed by atoms with Crippen LogP contribution in [-0.2, 0) is 0 Å². The topological polar surface area (TPSA) is 30.2 Å². The molecule has 1 aromatic carbocycles. The highest BCUT2D eigenvalue weighted by atomic mass is 15.3. The van der Waals surface area contributed by atoms with E-state index in [1.165, 1.54) is 5.56 Å². The molecule has 0 aliphatic heterocycles. The fourth-order valence-corrected chi connectivity index (χ4v) is 2.57. The Hall–Kier alpha value is -2.68. The van der Waals surface area contributed by atoms with Gasteiger partial charge in [-0.1, -0.05) is 56.0 Å². The lowest BCUT2D eigenvalue weighted by molar-refractivity contribution is 0.903. The predicted molar refractivity (Wildman–Crippen MR) is 91.6 cm³/mol. The molecule has 0 aliphatic carbocycles. The summed E-state index contributed by atoms with van der Waals surface area (Å²) in [5.41, 5.74) is 5.39. The first-order valence-electron chi connectivity index (χ1n) is 7.47. The van der Waals surface area contributed by atoms with Crippen LogP contribution < -0.4 is 0 Å². The van der Waals surface area contributed by atoms with Crippen molar-refractivity contribution in [2.24, 2.45) is 0 Å². The third kappa shape index (κ3) is 2.58. The number of rotatable bonds is 4. The van der Waals surface area contributed by atoms with Gasteiger partial charge in [0, 0.05) is 5.69 Å². The molecule has 0 unspecified atom stereocenters. The maximum atomic E-state index is 4.69. The van der Waals surface area contributed by atoms with Gasteiger partial charge in [0.1, 0.15) is 0 Å². The highest BCUT2D eigenvalue weighted by Gasteiger charge is 2.10. The molecule has 0 fully saturated rings. The SMILES string of the molecule is C=C/C=C(\CC)c1nc2cc(-c3ccccc3)cc(C)n2n1. The van der Waals surface area contributed by atoms with Crippen LogP contribution >= 0.6 is 0 Å². The van der Waals surface area contributed by atoms with E-state index < -0.39 is 0 Å². The fraction of sp³-hybridized carbons (Fsp3) is 0.158. The van der Waals surface area contributed by atoms with E-state index >= 15 is 0 Å². The van der Waals surface area contributed by atoms with Crippen LogP contribution in [0.1, 0.15) is 24.9 Å². The Morgan fingerprint density at radius 1 is 1.18 bits per heavy atom. The molecule has 0 amide bonds. The number of benzene rings is 1. The maximum Gasteiger partial charge on any atom is 0.178 e. The highest BCUT2D eigenvalue weighted by molar-refractivity contribution is 5.69. The standard InChI is InChI=1S/C19H19N3/c1-4-9-15(5-2)19-20-18-13-17(12-14(3)22(18)21-19)16-10-7-6-8-11-16/h4,6-13H,1,5H2,2-3H3/b15-9+. The molecule has 110 valence electrons. The number of aryl methyl sites for hydroxylation is 1. The van der Waals surface area contributed by atoms with Crippen LogP contribution in [0, 0.1) is 6.92 Å². The molecule has 0 saturated carbocycles. The smallest absolute Gasteiger partial charge is 0.178 e. The van der Waals surface area contributed by atoms with Crippen LogP contribution in [0.4, 0.5) is 0 Å². The van der Waals surface area contributed by atoms with Gasteiger partial charge < -0.3 is 0 Å². The van der Waals surface area contributed by atoms with E-state index in [1.807, 2.05) is 28.8 Å². The monoisotopic (exact) mass is 289 g/mol.